The zero-order chi connectivity index (χ0) is 14.1. The number of nitrogens with two attached hydrogens (primary N) is 1. The smallest absolute Gasteiger partial charge is 0.410 e. The van der Waals surface area contributed by atoms with Crippen LogP contribution in [0.1, 0.15) is 27.2 Å². The maximum atomic E-state index is 12.7. The van der Waals surface area contributed by atoms with E-state index in [0.717, 1.165) is 4.90 Å². The monoisotopic (exact) mass is 268 g/mol. The Hall–Kier alpha value is -0.980. The minimum absolute atomic E-state index is 0.128. The van der Waals surface area contributed by atoms with Gasteiger partial charge in [-0.05, 0) is 27.2 Å². The summed E-state index contributed by atoms with van der Waals surface area (Å²) in [4.78, 5) is 12.8. The molecule has 0 spiro atoms. The summed E-state index contributed by atoms with van der Waals surface area (Å²) >= 11 is 0. The van der Waals surface area contributed by atoms with Crippen molar-refractivity contribution < 1.29 is 22.7 Å². The molecule has 1 saturated heterocycles. The Kier molecular flexibility index (Phi) is 4.15. The Balaban J connectivity index is 2.68. The normalized spacial score (nSPS) is 26.1. The van der Waals surface area contributed by atoms with Gasteiger partial charge in [-0.15, -0.1) is 0 Å². The molecule has 0 aliphatic carbocycles. The van der Waals surface area contributed by atoms with Crippen LogP contribution >= 0.6 is 0 Å². The van der Waals surface area contributed by atoms with Gasteiger partial charge < -0.3 is 15.4 Å². The number of ether oxygens (including phenoxy) is 1. The van der Waals surface area contributed by atoms with Crippen LogP contribution in [-0.2, 0) is 4.74 Å². The molecule has 1 fully saturated rings. The lowest BCUT2D eigenvalue weighted by molar-refractivity contribution is -0.189. The summed E-state index contributed by atoms with van der Waals surface area (Å²) in [7, 11) is 0. The lowest BCUT2D eigenvalue weighted by Gasteiger charge is -2.38. The van der Waals surface area contributed by atoms with Gasteiger partial charge in [-0.1, -0.05) is 0 Å². The number of nitrogens with zero attached hydrogens (tertiary/aromatic N) is 1. The van der Waals surface area contributed by atoms with Crippen LogP contribution in [0.2, 0.25) is 0 Å². The minimum Gasteiger partial charge on any atom is -0.444 e. The number of likely N-dealkylation sites (tertiary alicyclic amines) is 1. The number of amides is 1. The van der Waals surface area contributed by atoms with Gasteiger partial charge in [-0.2, -0.15) is 13.2 Å². The summed E-state index contributed by atoms with van der Waals surface area (Å²) in [6.07, 6.45) is -4.98. The summed E-state index contributed by atoms with van der Waals surface area (Å²) < 4.78 is 43.2. The molecule has 4 nitrogen and oxygen atoms in total. The van der Waals surface area contributed by atoms with Crippen molar-refractivity contribution in [3.05, 3.63) is 0 Å². The van der Waals surface area contributed by atoms with Crippen molar-refractivity contribution in [2.75, 3.05) is 13.1 Å². The Morgan fingerprint density at radius 3 is 2.33 bits per heavy atom. The molecule has 1 aliphatic rings. The van der Waals surface area contributed by atoms with Crippen molar-refractivity contribution in [1.82, 2.24) is 4.90 Å². The van der Waals surface area contributed by atoms with Gasteiger partial charge in [0.2, 0.25) is 0 Å². The molecule has 0 aromatic rings. The van der Waals surface area contributed by atoms with Crippen LogP contribution in [0.3, 0.4) is 0 Å². The van der Waals surface area contributed by atoms with Crippen molar-refractivity contribution in [1.29, 1.82) is 0 Å². The van der Waals surface area contributed by atoms with E-state index in [4.69, 9.17) is 10.5 Å². The predicted molar refractivity (Wildman–Crippen MR) is 59.9 cm³/mol. The van der Waals surface area contributed by atoms with Crippen molar-refractivity contribution in [2.24, 2.45) is 11.7 Å². The lowest BCUT2D eigenvalue weighted by atomic mass is 9.92. The first-order chi connectivity index (χ1) is 8.00. The maximum absolute atomic E-state index is 12.7. The maximum Gasteiger partial charge on any atom is 0.410 e. The fourth-order valence-corrected chi connectivity index (χ4v) is 1.81. The zero-order valence-electron chi connectivity index (χ0n) is 10.8. The van der Waals surface area contributed by atoms with Crippen LogP contribution in [0.15, 0.2) is 0 Å². The van der Waals surface area contributed by atoms with E-state index in [-0.39, 0.29) is 13.0 Å². The predicted octanol–water partition coefficient (Wildman–Crippen LogP) is 2.13. The van der Waals surface area contributed by atoms with Crippen LogP contribution < -0.4 is 5.73 Å². The van der Waals surface area contributed by atoms with Gasteiger partial charge in [0.15, 0.2) is 0 Å². The highest BCUT2D eigenvalue weighted by atomic mass is 19.4. The molecule has 1 rings (SSSR count). The average Bonchev–Trinajstić information content (AvgIpc) is 2.13. The largest absolute Gasteiger partial charge is 0.444 e. The fraction of sp³-hybridized carbons (Fsp3) is 0.909. The number of hydrogen-bond donors (Lipinski definition) is 1. The standard InChI is InChI=1S/C11H19F3N2O2/c1-10(2,3)18-9(17)16-5-4-8(15)7(6-16)11(12,13)14/h7-8H,4-6,15H2,1-3H3. The van der Waals surface area contributed by atoms with Gasteiger partial charge in [0.1, 0.15) is 5.60 Å². The van der Waals surface area contributed by atoms with E-state index in [2.05, 4.69) is 0 Å². The van der Waals surface area contributed by atoms with Crippen LogP contribution in [0.5, 0.6) is 0 Å². The van der Waals surface area contributed by atoms with Gasteiger partial charge >= 0.3 is 12.3 Å². The summed E-state index contributed by atoms with van der Waals surface area (Å²) in [5.74, 6) is -1.68. The molecule has 106 valence electrons. The number of carbonyl (C=O) groups excluding carboxylic acids is 1. The molecular weight excluding hydrogens is 249 g/mol. The van der Waals surface area contributed by atoms with E-state index >= 15 is 0 Å². The number of piperidine rings is 1. The second-order valence-electron chi connectivity index (χ2n) is 5.53. The molecule has 2 unspecified atom stereocenters. The van der Waals surface area contributed by atoms with E-state index in [1.54, 1.807) is 20.8 Å². The van der Waals surface area contributed by atoms with Gasteiger partial charge in [0.05, 0.1) is 5.92 Å². The lowest BCUT2D eigenvalue weighted by Crippen LogP contribution is -2.54. The first kappa shape index (κ1) is 15.1. The average molecular weight is 268 g/mol. The van der Waals surface area contributed by atoms with Gasteiger partial charge in [0.25, 0.3) is 0 Å². The molecule has 7 heteroatoms. The van der Waals surface area contributed by atoms with Crippen LogP contribution in [0.4, 0.5) is 18.0 Å². The number of hydrogen-bond acceptors (Lipinski definition) is 3. The van der Waals surface area contributed by atoms with E-state index in [1.165, 1.54) is 0 Å². The Bertz CT molecular complexity index is 312. The van der Waals surface area contributed by atoms with E-state index in [1.807, 2.05) is 0 Å². The third-order valence-electron chi connectivity index (χ3n) is 2.74. The Labute approximate surface area is 104 Å². The van der Waals surface area contributed by atoms with E-state index < -0.39 is 36.4 Å². The highest BCUT2D eigenvalue weighted by molar-refractivity contribution is 5.68. The van der Waals surface area contributed by atoms with E-state index in [9.17, 15) is 18.0 Å². The highest BCUT2D eigenvalue weighted by Crippen LogP contribution is 2.33. The summed E-state index contributed by atoms with van der Waals surface area (Å²) in [6.45, 7) is 4.77. The van der Waals surface area contributed by atoms with Crippen LogP contribution in [0, 0.1) is 5.92 Å². The summed E-state index contributed by atoms with van der Waals surface area (Å²) in [5.41, 5.74) is 4.74. The summed E-state index contributed by atoms with van der Waals surface area (Å²) in [5, 5.41) is 0. The second-order valence-corrected chi connectivity index (χ2v) is 5.53. The molecule has 0 aromatic heterocycles. The third kappa shape index (κ3) is 4.04. The number of halogens is 3. The number of alkyl halides is 3. The molecule has 2 N–H and O–H groups in total. The molecule has 1 amide bonds. The minimum atomic E-state index is -4.39. The molecule has 1 aliphatic heterocycles. The van der Waals surface area contributed by atoms with Crippen LogP contribution in [-0.4, -0.2) is 41.9 Å². The number of carbonyl (C=O) groups is 1. The zero-order valence-corrected chi connectivity index (χ0v) is 10.8. The molecule has 18 heavy (non-hydrogen) atoms. The Morgan fingerprint density at radius 2 is 1.89 bits per heavy atom. The van der Waals surface area contributed by atoms with Gasteiger partial charge in [-0.25, -0.2) is 4.79 Å². The molecule has 2 atom stereocenters. The fourth-order valence-electron chi connectivity index (χ4n) is 1.81. The first-order valence-electron chi connectivity index (χ1n) is 5.81. The molecule has 0 saturated carbocycles. The van der Waals surface area contributed by atoms with Gasteiger partial charge in [0, 0.05) is 19.1 Å². The molecule has 0 radical (unpaired) electrons. The summed E-state index contributed by atoms with van der Waals surface area (Å²) in [6, 6.07) is -0.955. The Morgan fingerprint density at radius 1 is 1.33 bits per heavy atom. The van der Waals surface area contributed by atoms with Crippen molar-refractivity contribution in [3.63, 3.8) is 0 Å². The topological polar surface area (TPSA) is 55.6 Å². The van der Waals surface area contributed by atoms with Crippen molar-refractivity contribution >= 4 is 6.09 Å². The first-order valence-corrected chi connectivity index (χ1v) is 5.81. The molecular formula is C11H19F3N2O2. The molecule has 0 bridgehead atoms. The number of rotatable bonds is 0. The third-order valence-corrected chi connectivity index (χ3v) is 2.74. The quantitative estimate of drug-likeness (QED) is 0.732. The van der Waals surface area contributed by atoms with Crippen molar-refractivity contribution in [3.8, 4) is 0 Å². The molecule has 1 heterocycles. The van der Waals surface area contributed by atoms with Gasteiger partial charge in [-0.3, -0.25) is 0 Å². The van der Waals surface area contributed by atoms with Crippen LogP contribution in [0.25, 0.3) is 0 Å². The van der Waals surface area contributed by atoms with Crippen molar-refractivity contribution in [2.45, 2.75) is 45.0 Å². The SMILES string of the molecule is CC(C)(C)OC(=O)N1CCC(N)C(C(F)(F)F)C1. The highest BCUT2D eigenvalue weighted by Gasteiger charge is 2.47. The van der Waals surface area contributed by atoms with E-state index in [0.29, 0.717) is 0 Å². The second kappa shape index (κ2) is 4.95. The molecule has 0 aromatic carbocycles.